The van der Waals surface area contributed by atoms with E-state index < -0.39 is 23.9 Å². The number of hydrogen-bond donors (Lipinski definition) is 1. The summed E-state index contributed by atoms with van der Waals surface area (Å²) < 4.78 is 11.0. The van der Waals surface area contributed by atoms with Crippen LogP contribution in [0.3, 0.4) is 0 Å². The number of likely N-dealkylation sites (tertiary alicyclic amines) is 1. The van der Waals surface area contributed by atoms with Gasteiger partial charge < -0.3 is 19.4 Å². The van der Waals surface area contributed by atoms with Gasteiger partial charge in [0.05, 0.1) is 12.2 Å². The van der Waals surface area contributed by atoms with Crippen molar-refractivity contribution in [3.63, 3.8) is 0 Å². The number of carbonyl (C=O) groups excluding carboxylic acids is 3. The van der Waals surface area contributed by atoms with Gasteiger partial charge in [-0.05, 0) is 56.0 Å². The molecular formula is C27H28N2O5. The standard InChI is InChI=1S/C27H28N2O5/c1-18-12-13-19(2)22(16-18)28-25(30)24(20-8-4-3-5-9-20)34-27(32)21-10-6-14-29(17-21)26(31)23-11-7-15-33-23/h3-5,7-9,11-13,15-16,21,24H,6,10,14,17H2,1-2H3,(H,28,30). The second-order valence-electron chi connectivity index (χ2n) is 8.60. The Labute approximate surface area is 198 Å². The fraction of sp³-hybridized carbons (Fsp3) is 0.296. The molecule has 0 bridgehead atoms. The van der Waals surface area contributed by atoms with Crippen LogP contribution in [0.4, 0.5) is 5.69 Å². The molecule has 1 aromatic heterocycles. The molecule has 0 saturated carbocycles. The Balaban J connectivity index is 1.50. The maximum absolute atomic E-state index is 13.3. The number of hydrogen-bond acceptors (Lipinski definition) is 5. The summed E-state index contributed by atoms with van der Waals surface area (Å²) in [5, 5.41) is 2.91. The van der Waals surface area contributed by atoms with Crippen LogP contribution in [0, 0.1) is 19.8 Å². The minimum Gasteiger partial charge on any atom is -0.459 e. The number of piperidine rings is 1. The predicted molar refractivity (Wildman–Crippen MR) is 127 cm³/mol. The predicted octanol–water partition coefficient (Wildman–Crippen LogP) is 4.67. The van der Waals surface area contributed by atoms with Gasteiger partial charge >= 0.3 is 5.97 Å². The summed E-state index contributed by atoms with van der Waals surface area (Å²) in [5.41, 5.74) is 3.18. The molecule has 1 aliphatic heterocycles. The first kappa shape index (κ1) is 23.3. The van der Waals surface area contributed by atoms with E-state index in [0.29, 0.717) is 30.6 Å². The van der Waals surface area contributed by atoms with E-state index in [-0.39, 0.29) is 18.2 Å². The highest BCUT2D eigenvalue weighted by Gasteiger charge is 2.34. The van der Waals surface area contributed by atoms with E-state index in [1.807, 2.05) is 38.1 Å². The van der Waals surface area contributed by atoms with E-state index in [1.165, 1.54) is 6.26 Å². The van der Waals surface area contributed by atoms with Crippen LogP contribution in [0.2, 0.25) is 0 Å². The summed E-state index contributed by atoms with van der Waals surface area (Å²) in [4.78, 5) is 40.7. The number of aryl methyl sites for hydroxylation is 2. The smallest absolute Gasteiger partial charge is 0.311 e. The Hall–Kier alpha value is -3.87. The zero-order valence-electron chi connectivity index (χ0n) is 19.3. The third kappa shape index (κ3) is 5.36. The third-order valence-electron chi connectivity index (χ3n) is 6.00. The Morgan fingerprint density at radius 2 is 1.85 bits per heavy atom. The number of benzene rings is 2. The van der Waals surface area contributed by atoms with Gasteiger partial charge in [0.15, 0.2) is 5.76 Å². The molecular weight excluding hydrogens is 432 g/mol. The van der Waals surface area contributed by atoms with Crippen molar-refractivity contribution in [2.45, 2.75) is 32.8 Å². The van der Waals surface area contributed by atoms with E-state index in [4.69, 9.17) is 9.15 Å². The highest BCUT2D eigenvalue weighted by atomic mass is 16.5. The van der Waals surface area contributed by atoms with Gasteiger partial charge in [-0.3, -0.25) is 14.4 Å². The van der Waals surface area contributed by atoms with Crippen molar-refractivity contribution in [1.29, 1.82) is 0 Å². The van der Waals surface area contributed by atoms with Crippen LogP contribution in [0.15, 0.2) is 71.3 Å². The molecule has 0 spiro atoms. The van der Waals surface area contributed by atoms with Gasteiger partial charge in [0, 0.05) is 24.3 Å². The molecule has 2 amide bonds. The number of rotatable bonds is 6. The second-order valence-corrected chi connectivity index (χ2v) is 8.60. The summed E-state index contributed by atoms with van der Waals surface area (Å²) in [6.45, 7) is 4.62. The minimum atomic E-state index is -1.11. The van der Waals surface area contributed by atoms with E-state index in [2.05, 4.69) is 5.32 Å². The zero-order valence-corrected chi connectivity index (χ0v) is 19.3. The molecule has 2 heterocycles. The number of nitrogens with one attached hydrogen (secondary N) is 1. The Bertz CT molecular complexity index is 1160. The number of carbonyl (C=O) groups is 3. The molecule has 0 radical (unpaired) electrons. The average Bonchev–Trinajstić information content (AvgIpc) is 3.40. The summed E-state index contributed by atoms with van der Waals surface area (Å²) >= 11 is 0. The average molecular weight is 461 g/mol. The first-order valence-corrected chi connectivity index (χ1v) is 11.4. The topological polar surface area (TPSA) is 88.9 Å². The SMILES string of the molecule is Cc1ccc(C)c(NC(=O)C(OC(=O)C2CCCN(C(=O)c3ccco3)C2)c2ccccc2)c1. The maximum atomic E-state index is 13.3. The molecule has 3 aromatic rings. The lowest BCUT2D eigenvalue weighted by atomic mass is 9.97. The number of esters is 1. The quantitative estimate of drug-likeness (QED) is 0.540. The molecule has 34 heavy (non-hydrogen) atoms. The first-order chi connectivity index (χ1) is 16.4. The number of anilines is 1. The van der Waals surface area contributed by atoms with Crippen molar-refractivity contribution >= 4 is 23.5 Å². The molecule has 4 rings (SSSR count). The van der Waals surface area contributed by atoms with Crippen LogP contribution in [-0.2, 0) is 14.3 Å². The van der Waals surface area contributed by atoms with Crippen LogP contribution in [0.1, 0.15) is 46.2 Å². The molecule has 7 heteroatoms. The molecule has 176 valence electrons. The highest BCUT2D eigenvalue weighted by molar-refractivity contribution is 5.97. The fourth-order valence-electron chi connectivity index (χ4n) is 4.09. The van der Waals surface area contributed by atoms with Crippen LogP contribution >= 0.6 is 0 Å². The zero-order chi connectivity index (χ0) is 24.1. The number of ether oxygens (including phenoxy) is 1. The van der Waals surface area contributed by atoms with E-state index in [9.17, 15) is 14.4 Å². The van der Waals surface area contributed by atoms with Crippen molar-refractivity contribution in [2.24, 2.45) is 5.92 Å². The normalized spacial score (nSPS) is 16.5. The lowest BCUT2D eigenvalue weighted by Crippen LogP contribution is -2.43. The molecule has 7 nitrogen and oxygen atoms in total. The summed E-state index contributed by atoms with van der Waals surface area (Å²) in [7, 11) is 0. The second kappa shape index (κ2) is 10.4. The lowest BCUT2D eigenvalue weighted by Gasteiger charge is -2.31. The van der Waals surface area contributed by atoms with Gasteiger partial charge in [0.25, 0.3) is 11.8 Å². The molecule has 1 aliphatic rings. The van der Waals surface area contributed by atoms with Crippen molar-refractivity contribution in [2.75, 3.05) is 18.4 Å². The van der Waals surface area contributed by atoms with Crippen molar-refractivity contribution in [1.82, 2.24) is 4.90 Å². The van der Waals surface area contributed by atoms with Crippen LogP contribution in [0.5, 0.6) is 0 Å². The van der Waals surface area contributed by atoms with Crippen molar-refractivity contribution in [3.8, 4) is 0 Å². The van der Waals surface area contributed by atoms with Crippen LogP contribution in [-0.4, -0.2) is 35.8 Å². The number of furan rings is 1. The van der Waals surface area contributed by atoms with Gasteiger partial charge in [-0.2, -0.15) is 0 Å². The molecule has 1 saturated heterocycles. The van der Waals surface area contributed by atoms with Gasteiger partial charge in [-0.25, -0.2) is 0 Å². The largest absolute Gasteiger partial charge is 0.459 e. The maximum Gasteiger partial charge on any atom is 0.311 e. The number of nitrogens with zero attached hydrogens (tertiary/aromatic N) is 1. The van der Waals surface area contributed by atoms with E-state index >= 15 is 0 Å². The minimum absolute atomic E-state index is 0.221. The summed E-state index contributed by atoms with van der Waals surface area (Å²) in [6, 6.07) is 18.0. The Morgan fingerprint density at radius 3 is 2.59 bits per heavy atom. The van der Waals surface area contributed by atoms with Gasteiger partial charge in [0.2, 0.25) is 6.10 Å². The highest BCUT2D eigenvalue weighted by Crippen LogP contribution is 2.26. The van der Waals surface area contributed by atoms with Crippen LogP contribution in [0.25, 0.3) is 0 Å². The number of amides is 2. The molecule has 1 fully saturated rings. The molecule has 2 unspecified atom stereocenters. The molecule has 1 N–H and O–H groups in total. The van der Waals surface area contributed by atoms with Crippen LogP contribution < -0.4 is 5.32 Å². The summed E-state index contributed by atoms with van der Waals surface area (Å²) in [6.07, 6.45) is 1.59. The van der Waals surface area contributed by atoms with E-state index in [0.717, 1.165) is 11.1 Å². The Kier molecular flexibility index (Phi) is 7.11. The Morgan fingerprint density at radius 1 is 1.06 bits per heavy atom. The van der Waals surface area contributed by atoms with Crippen molar-refractivity contribution in [3.05, 3.63) is 89.4 Å². The van der Waals surface area contributed by atoms with E-state index in [1.54, 1.807) is 41.3 Å². The molecule has 2 atom stereocenters. The fourth-order valence-corrected chi connectivity index (χ4v) is 4.09. The third-order valence-corrected chi connectivity index (χ3v) is 6.00. The molecule has 2 aromatic carbocycles. The lowest BCUT2D eigenvalue weighted by molar-refractivity contribution is -0.160. The first-order valence-electron chi connectivity index (χ1n) is 11.4. The molecule has 0 aliphatic carbocycles. The van der Waals surface area contributed by atoms with Gasteiger partial charge in [-0.1, -0.05) is 42.5 Å². The van der Waals surface area contributed by atoms with Crippen molar-refractivity contribution < 1.29 is 23.5 Å². The van der Waals surface area contributed by atoms with Gasteiger partial charge in [-0.15, -0.1) is 0 Å². The monoisotopic (exact) mass is 460 g/mol. The van der Waals surface area contributed by atoms with Gasteiger partial charge in [0.1, 0.15) is 0 Å². The summed E-state index contributed by atoms with van der Waals surface area (Å²) in [5.74, 6) is -1.46.